The SMILES string of the molecule is O=C(NCC1CCN(S(=O)(=O)c2cccc([N+](=O)[O-])c2)C1)C12CC3CC(CC(C3)C1)C2. The molecular weight excluding hydrogens is 418 g/mol. The standard InChI is InChI=1S/C22H29N3O5S/c26-21(22-10-16-6-17(11-22)8-18(7-16)12-22)23-13-15-4-5-24(14-15)31(29,30)20-3-1-2-19(9-20)25(27)28/h1-3,9,15-18H,4-8,10-14H2,(H,23,26). The Balaban J connectivity index is 1.20. The molecule has 1 amide bonds. The van der Waals surface area contributed by atoms with Crippen LogP contribution in [-0.2, 0) is 14.8 Å². The molecule has 0 aromatic heterocycles. The summed E-state index contributed by atoms with van der Waals surface area (Å²) in [5.41, 5.74) is -0.429. The summed E-state index contributed by atoms with van der Waals surface area (Å²) < 4.78 is 27.3. The quantitative estimate of drug-likeness (QED) is 0.533. The average Bonchev–Trinajstić information content (AvgIpc) is 3.21. The summed E-state index contributed by atoms with van der Waals surface area (Å²) in [5, 5.41) is 14.2. The third-order valence-corrected chi connectivity index (χ3v) is 9.85. The van der Waals surface area contributed by atoms with E-state index in [1.54, 1.807) is 0 Å². The van der Waals surface area contributed by atoms with Crippen LogP contribution >= 0.6 is 0 Å². The number of non-ortho nitro benzene ring substituents is 1. The lowest BCUT2D eigenvalue weighted by atomic mass is 9.49. The van der Waals surface area contributed by atoms with Gasteiger partial charge < -0.3 is 5.32 Å². The summed E-state index contributed by atoms with van der Waals surface area (Å²) in [6, 6.07) is 5.18. The van der Waals surface area contributed by atoms with Crippen molar-refractivity contribution in [3.8, 4) is 0 Å². The number of hydrogen-bond donors (Lipinski definition) is 1. The molecule has 0 radical (unpaired) electrons. The molecule has 1 unspecified atom stereocenters. The highest BCUT2D eigenvalue weighted by Gasteiger charge is 2.54. The molecule has 9 heteroatoms. The number of amides is 1. The third kappa shape index (κ3) is 3.75. The van der Waals surface area contributed by atoms with Crippen molar-refractivity contribution in [3.63, 3.8) is 0 Å². The fourth-order valence-corrected chi connectivity index (χ4v) is 8.47. The first kappa shape index (κ1) is 20.9. The highest BCUT2D eigenvalue weighted by molar-refractivity contribution is 7.89. The number of carbonyl (C=O) groups excluding carboxylic acids is 1. The molecule has 4 saturated carbocycles. The minimum Gasteiger partial charge on any atom is -0.355 e. The van der Waals surface area contributed by atoms with E-state index < -0.39 is 14.9 Å². The van der Waals surface area contributed by atoms with E-state index in [0.29, 0.717) is 43.8 Å². The van der Waals surface area contributed by atoms with E-state index in [4.69, 9.17) is 0 Å². The first-order chi connectivity index (χ1) is 14.7. The number of nitro benzene ring substituents is 1. The van der Waals surface area contributed by atoms with Crippen LogP contribution in [0.25, 0.3) is 0 Å². The second kappa shape index (κ2) is 7.55. The van der Waals surface area contributed by atoms with Crippen LogP contribution in [0.2, 0.25) is 0 Å². The molecule has 1 aromatic carbocycles. The summed E-state index contributed by atoms with van der Waals surface area (Å²) in [4.78, 5) is 23.5. The molecule has 5 fully saturated rings. The lowest BCUT2D eigenvalue weighted by molar-refractivity contribution is -0.385. The van der Waals surface area contributed by atoms with Crippen LogP contribution in [0.1, 0.15) is 44.9 Å². The zero-order valence-electron chi connectivity index (χ0n) is 17.5. The van der Waals surface area contributed by atoms with Crippen molar-refractivity contribution >= 4 is 21.6 Å². The van der Waals surface area contributed by atoms with Crippen LogP contribution in [0.4, 0.5) is 5.69 Å². The van der Waals surface area contributed by atoms with Gasteiger partial charge in [-0.15, -0.1) is 0 Å². The lowest BCUT2D eigenvalue weighted by Crippen LogP contribution is -2.54. The number of benzene rings is 1. The van der Waals surface area contributed by atoms with Gasteiger partial charge in [0.05, 0.1) is 9.82 Å². The van der Waals surface area contributed by atoms with Crippen molar-refractivity contribution in [1.29, 1.82) is 0 Å². The van der Waals surface area contributed by atoms with Gasteiger partial charge in [-0.25, -0.2) is 8.42 Å². The molecule has 1 heterocycles. The topological polar surface area (TPSA) is 110 Å². The number of rotatable bonds is 6. The maximum Gasteiger partial charge on any atom is 0.270 e. The Morgan fingerprint density at radius 2 is 1.81 bits per heavy atom. The predicted molar refractivity (Wildman–Crippen MR) is 114 cm³/mol. The minimum absolute atomic E-state index is 0.0556. The maximum atomic E-state index is 13.1. The van der Waals surface area contributed by atoms with Crippen LogP contribution in [0, 0.1) is 39.2 Å². The number of nitrogens with one attached hydrogen (secondary N) is 1. The van der Waals surface area contributed by atoms with E-state index in [0.717, 1.165) is 25.3 Å². The van der Waals surface area contributed by atoms with E-state index in [9.17, 15) is 23.3 Å². The van der Waals surface area contributed by atoms with Crippen molar-refractivity contribution in [2.75, 3.05) is 19.6 Å². The summed E-state index contributed by atoms with van der Waals surface area (Å²) in [6.07, 6.45) is 7.60. The summed E-state index contributed by atoms with van der Waals surface area (Å²) in [7, 11) is -3.79. The third-order valence-electron chi connectivity index (χ3n) is 7.99. The van der Waals surface area contributed by atoms with Gasteiger partial charge in [0.25, 0.3) is 5.69 Å². The smallest absolute Gasteiger partial charge is 0.270 e. The molecule has 5 aliphatic rings. The number of sulfonamides is 1. The highest BCUT2D eigenvalue weighted by Crippen LogP contribution is 2.60. The summed E-state index contributed by atoms with van der Waals surface area (Å²) in [5.74, 6) is 2.36. The van der Waals surface area contributed by atoms with Gasteiger partial charge in [0, 0.05) is 37.2 Å². The molecule has 31 heavy (non-hydrogen) atoms. The fourth-order valence-electron chi connectivity index (χ4n) is 6.90. The zero-order valence-corrected chi connectivity index (χ0v) is 18.4. The molecule has 6 rings (SSSR count). The van der Waals surface area contributed by atoms with Crippen molar-refractivity contribution in [1.82, 2.24) is 9.62 Å². The Morgan fingerprint density at radius 1 is 1.16 bits per heavy atom. The second-order valence-electron chi connectivity index (χ2n) is 10.2. The van der Waals surface area contributed by atoms with Crippen molar-refractivity contribution < 1.29 is 18.1 Å². The molecule has 0 spiro atoms. The van der Waals surface area contributed by atoms with Crippen molar-refractivity contribution in [2.45, 2.75) is 49.8 Å². The van der Waals surface area contributed by atoms with Crippen LogP contribution in [0.5, 0.6) is 0 Å². The van der Waals surface area contributed by atoms with Crippen LogP contribution in [0.15, 0.2) is 29.2 Å². The van der Waals surface area contributed by atoms with Gasteiger partial charge in [0.2, 0.25) is 15.9 Å². The Bertz CT molecular complexity index is 973. The Labute approximate surface area is 182 Å². The largest absolute Gasteiger partial charge is 0.355 e. The fraction of sp³-hybridized carbons (Fsp3) is 0.682. The molecule has 8 nitrogen and oxygen atoms in total. The Kier molecular flexibility index (Phi) is 5.08. The summed E-state index contributed by atoms with van der Waals surface area (Å²) in [6.45, 7) is 1.18. The number of hydrogen-bond acceptors (Lipinski definition) is 5. The van der Waals surface area contributed by atoms with Gasteiger partial charge in [-0.3, -0.25) is 14.9 Å². The van der Waals surface area contributed by atoms with E-state index >= 15 is 0 Å². The van der Waals surface area contributed by atoms with Gasteiger partial charge >= 0.3 is 0 Å². The Hall–Kier alpha value is -2.00. The molecule has 4 bridgehead atoms. The first-order valence-electron chi connectivity index (χ1n) is 11.3. The maximum absolute atomic E-state index is 13.1. The average molecular weight is 448 g/mol. The van der Waals surface area contributed by atoms with Crippen LogP contribution in [0.3, 0.4) is 0 Å². The first-order valence-corrected chi connectivity index (χ1v) is 12.7. The molecule has 4 aliphatic carbocycles. The molecule has 1 atom stereocenters. The molecule has 168 valence electrons. The van der Waals surface area contributed by atoms with Crippen LogP contribution < -0.4 is 5.32 Å². The van der Waals surface area contributed by atoms with Gasteiger partial charge in [-0.05, 0) is 74.7 Å². The molecular formula is C22H29N3O5S. The zero-order chi connectivity index (χ0) is 21.8. The lowest BCUT2D eigenvalue weighted by Gasteiger charge is -2.55. The Morgan fingerprint density at radius 3 is 2.42 bits per heavy atom. The monoisotopic (exact) mass is 447 g/mol. The minimum atomic E-state index is -3.79. The van der Waals surface area contributed by atoms with E-state index in [1.165, 1.54) is 41.8 Å². The van der Waals surface area contributed by atoms with Crippen molar-refractivity contribution in [2.24, 2.45) is 29.1 Å². The molecule has 1 aromatic rings. The van der Waals surface area contributed by atoms with Gasteiger partial charge in [0.1, 0.15) is 0 Å². The van der Waals surface area contributed by atoms with Gasteiger partial charge in [0.15, 0.2) is 0 Å². The summed E-state index contributed by atoms with van der Waals surface area (Å²) >= 11 is 0. The van der Waals surface area contributed by atoms with E-state index in [-0.39, 0.29) is 27.8 Å². The normalized spacial score (nSPS) is 34.7. The highest BCUT2D eigenvalue weighted by atomic mass is 32.2. The number of nitrogens with zero attached hydrogens (tertiary/aromatic N) is 2. The van der Waals surface area contributed by atoms with Gasteiger partial charge in [-0.1, -0.05) is 6.07 Å². The van der Waals surface area contributed by atoms with Gasteiger partial charge in [-0.2, -0.15) is 4.31 Å². The predicted octanol–water partition coefficient (Wildman–Crippen LogP) is 2.94. The number of carbonyl (C=O) groups is 1. The van der Waals surface area contributed by atoms with Crippen LogP contribution in [-0.4, -0.2) is 43.2 Å². The molecule has 1 N–H and O–H groups in total. The van der Waals surface area contributed by atoms with E-state index in [1.807, 2.05) is 0 Å². The molecule has 1 aliphatic heterocycles. The number of nitro groups is 1. The molecule has 1 saturated heterocycles. The second-order valence-corrected chi connectivity index (χ2v) is 12.1. The van der Waals surface area contributed by atoms with Crippen molar-refractivity contribution in [3.05, 3.63) is 34.4 Å². The van der Waals surface area contributed by atoms with E-state index in [2.05, 4.69) is 5.32 Å².